The number of carbonyl (C=O) groups is 1. The predicted octanol–water partition coefficient (Wildman–Crippen LogP) is 3.63. The van der Waals surface area contributed by atoms with Crippen molar-refractivity contribution < 1.29 is 4.79 Å². The number of aromatic amines is 1. The Morgan fingerprint density at radius 2 is 1.89 bits per heavy atom. The van der Waals surface area contributed by atoms with E-state index in [1.165, 1.54) is 11.8 Å². The van der Waals surface area contributed by atoms with Gasteiger partial charge in [-0.2, -0.15) is 0 Å². The molecule has 6 nitrogen and oxygen atoms in total. The largest absolute Gasteiger partial charge is 0.349 e. The van der Waals surface area contributed by atoms with Crippen LogP contribution in [0.15, 0.2) is 64.5 Å². The van der Waals surface area contributed by atoms with Crippen LogP contribution in [0, 0.1) is 0 Å². The van der Waals surface area contributed by atoms with Gasteiger partial charge in [-0.25, -0.2) is 4.98 Å². The number of hydrogen-bond acceptors (Lipinski definition) is 4. The summed E-state index contributed by atoms with van der Waals surface area (Å²) in [5.41, 5.74) is 2.65. The fourth-order valence-corrected chi connectivity index (χ4v) is 3.87. The molecule has 7 heteroatoms. The van der Waals surface area contributed by atoms with E-state index in [4.69, 9.17) is 0 Å². The van der Waals surface area contributed by atoms with Crippen molar-refractivity contribution in [3.8, 4) is 0 Å². The molecular weight excluding hydrogens is 360 g/mol. The van der Waals surface area contributed by atoms with Crippen LogP contribution in [-0.4, -0.2) is 26.2 Å². The maximum Gasteiger partial charge on any atom is 0.278 e. The van der Waals surface area contributed by atoms with Crippen LogP contribution in [0.5, 0.6) is 0 Å². The summed E-state index contributed by atoms with van der Waals surface area (Å²) in [5, 5.41) is 4.30. The van der Waals surface area contributed by atoms with E-state index in [2.05, 4.69) is 15.3 Å². The highest BCUT2D eigenvalue weighted by Gasteiger charge is 2.16. The van der Waals surface area contributed by atoms with Gasteiger partial charge in [0, 0.05) is 23.1 Å². The summed E-state index contributed by atoms with van der Waals surface area (Å²) in [6.07, 6.45) is 0. The Morgan fingerprint density at radius 3 is 2.67 bits per heavy atom. The third-order valence-corrected chi connectivity index (χ3v) is 5.26. The number of hydrogen-bond donors (Lipinski definition) is 2. The van der Waals surface area contributed by atoms with Gasteiger partial charge < -0.3 is 10.3 Å². The Hall–Kier alpha value is -3.06. The number of thioether (sulfide) groups is 1. The van der Waals surface area contributed by atoms with Crippen molar-refractivity contribution in [3.05, 3.63) is 65.0 Å². The van der Waals surface area contributed by atoms with Gasteiger partial charge in [-0.15, -0.1) is 0 Å². The molecule has 136 valence electrons. The molecule has 0 aliphatic rings. The van der Waals surface area contributed by atoms with E-state index in [9.17, 15) is 9.59 Å². The molecule has 4 aromatic rings. The molecule has 2 heterocycles. The van der Waals surface area contributed by atoms with Crippen LogP contribution in [0.25, 0.3) is 21.9 Å². The molecular formula is C20H18N4O2S. The monoisotopic (exact) mass is 378 g/mol. The van der Waals surface area contributed by atoms with E-state index >= 15 is 0 Å². The lowest BCUT2D eigenvalue weighted by molar-refractivity contribution is -0.113. The molecule has 4 rings (SSSR count). The van der Waals surface area contributed by atoms with Crippen molar-refractivity contribution in [2.24, 2.45) is 0 Å². The minimum Gasteiger partial charge on any atom is -0.349 e. The first-order valence-corrected chi connectivity index (χ1v) is 9.65. The molecule has 0 unspecified atom stereocenters. The van der Waals surface area contributed by atoms with Gasteiger partial charge in [0.1, 0.15) is 11.0 Å². The fourth-order valence-electron chi connectivity index (χ4n) is 3.01. The van der Waals surface area contributed by atoms with Gasteiger partial charge in [-0.05, 0) is 25.1 Å². The summed E-state index contributed by atoms with van der Waals surface area (Å²) < 4.78 is 1.60. The lowest BCUT2D eigenvalue weighted by Gasteiger charge is -2.10. The van der Waals surface area contributed by atoms with Gasteiger partial charge in [-0.3, -0.25) is 14.2 Å². The molecule has 2 aromatic heterocycles. The fraction of sp³-hybridized carbons (Fsp3) is 0.150. The Balaban J connectivity index is 1.65. The molecule has 27 heavy (non-hydrogen) atoms. The Labute approximate surface area is 159 Å². The van der Waals surface area contributed by atoms with Crippen molar-refractivity contribution in [1.29, 1.82) is 0 Å². The number of para-hydroxylation sites is 2. The highest BCUT2D eigenvalue weighted by atomic mass is 32.2. The molecule has 0 aliphatic carbocycles. The first-order valence-electron chi connectivity index (χ1n) is 8.66. The lowest BCUT2D eigenvalue weighted by Crippen LogP contribution is -2.23. The summed E-state index contributed by atoms with van der Waals surface area (Å²) in [7, 11) is 0. The number of nitrogens with one attached hydrogen (secondary N) is 2. The smallest absolute Gasteiger partial charge is 0.278 e. The van der Waals surface area contributed by atoms with Crippen LogP contribution < -0.4 is 10.9 Å². The number of anilines is 1. The van der Waals surface area contributed by atoms with Crippen LogP contribution in [0.2, 0.25) is 0 Å². The van der Waals surface area contributed by atoms with Gasteiger partial charge >= 0.3 is 0 Å². The molecule has 1 amide bonds. The van der Waals surface area contributed by atoms with E-state index in [0.717, 1.165) is 16.6 Å². The second kappa shape index (κ2) is 7.28. The van der Waals surface area contributed by atoms with E-state index in [1.807, 2.05) is 61.5 Å². The second-order valence-electron chi connectivity index (χ2n) is 6.04. The van der Waals surface area contributed by atoms with Crippen LogP contribution in [0.4, 0.5) is 5.69 Å². The van der Waals surface area contributed by atoms with Gasteiger partial charge in [0.05, 0.1) is 5.75 Å². The topological polar surface area (TPSA) is 79.8 Å². The normalized spacial score (nSPS) is 11.1. The Bertz CT molecular complexity index is 1180. The molecule has 0 saturated heterocycles. The van der Waals surface area contributed by atoms with Crippen molar-refractivity contribution in [1.82, 2.24) is 14.5 Å². The van der Waals surface area contributed by atoms with Crippen LogP contribution in [-0.2, 0) is 11.3 Å². The van der Waals surface area contributed by atoms with Crippen molar-refractivity contribution in [3.63, 3.8) is 0 Å². The van der Waals surface area contributed by atoms with E-state index in [-0.39, 0.29) is 17.2 Å². The molecule has 0 fully saturated rings. The highest BCUT2D eigenvalue weighted by Crippen LogP contribution is 2.24. The maximum atomic E-state index is 12.9. The number of nitrogens with zero attached hydrogens (tertiary/aromatic N) is 2. The summed E-state index contributed by atoms with van der Waals surface area (Å²) >= 11 is 1.27. The van der Waals surface area contributed by atoms with Gasteiger partial charge in [0.2, 0.25) is 5.91 Å². The van der Waals surface area contributed by atoms with E-state index < -0.39 is 0 Å². The minimum absolute atomic E-state index is 0.121. The van der Waals surface area contributed by atoms with Crippen LogP contribution in [0.1, 0.15) is 6.92 Å². The number of amides is 1. The van der Waals surface area contributed by atoms with E-state index in [1.54, 1.807) is 4.57 Å². The van der Waals surface area contributed by atoms with Gasteiger partial charge in [0.15, 0.2) is 5.16 Å². The number of fused-ring (bicyclic) bond motifs is 3. The maximum absolute atomic E-state index is 12.9. The minimum atomic E-state index is -0.137. The summed E-state index contributed by atoms with van der Waals surface area (Å²) in [6, 6.07) is 17.0. The average molecular weight is 378 g/mol. The summed E-state index contributed by atoms with van der Waals surface area (Å²) in [6.45, 7) is 2.38. The number of benzene rings is 2. The second-order valence-corrected chi connectivity index (χ2v) is 6.98. The molecule has 2 N–H and O–H groups in total. The Morgan fingerprint density at radius 1 is 1.15 bits per heavy atom. The highest BCUT2D eigenvalue weighted by molar-refractivity contribution is 7.99. The molecule has 0 saturated carbocycles. The third-order valence-electron chi connectivity index (χ3n) is 4.28. The quantitative estimate of drug-likeness (QED) is 0.411. The van der Waals surface area contributed by atoms with E-state index in [0.29, 0.717) is 22.7 Å². The SMILES string of the molecule is CCn1c(SCC(=O)Nc2ccccc2)nc2c([nH]c3ccccc32)c1=O. The standard InChI is InChI=1S/C20H18N4O2S/c1-2-24-19(26)18-17(14-10-6-7-11-15(14)22-18)23-20(24)27-12-16(25)21-13-8-4-3-5-9-13/h3-11,22H,2,12H2,1H3,(H,21,25). The predicted molar refractivity (Wildman–Crippen MR) is 109 cm³/mol. The zero-order chi connectivity index (χ0) is 18.8. The number of aromatic nitrogens is 3. The lowest BCUT2D eigenvalue weighted by atomic mass is 10.2. The molecule has 0 atom stereocenters. The summed E-state index contributed by atoms with van der Waals surface area (Å²) in [4.78, 5) is 33.0. The zero-order valence-electron chi connectivity index (χ0n) is 14.7. The number of H-pyrrole nitrogens is 1. The number of rotatable bonds is 5. The van der Waals surface area contributed by atoms with Crippen molar-refractivity contribution >= 4 is 45.3 Å². The molecule has 0 aliphatic heterocycles. The van der Waals surface area contributed by atoms with Gasteiger partial charge in [0.25, 0.3) is 5.56 Å². The molecule has 0 radical (unpaired) electrons. The number of carbonyl (C=O) groups excluding carboxylic acids is 1. The molecule has 0 bridgehead atoms. The Kier molecular flexibility index (Phi) is 4.68. The van der Waals surface area contributed by atoms with Crippen molar-refractivity contribution in [2.45, 2.75) is 18.6 Å². The van der Waals surface area contributed by atoms with Gasteiger partial charge in [-0.1, -0.05) is 48.2 Å². The molecule has 0 spiro atoms. The summed E-state index contributed by atoms with van der Waals surface area (Å²) in [5.74, 6) is 0.0389. The zero-order valence-corrected chi connectivity index (χ0v) is 15.5. The van der Waals surface area contributed by atoms with Crippen LogP contribution >= 0.6 is 11.8 Å². The van der Waals surface area contributed by atoms with Crippen LogP contribution in [0.3, 0.4) is 0 Å². The first-order chi connectivity index (χ1) is 13.2. The average Bonchev–Trinajstić information content (AvgIpc) is 3.06. The van der Waals surface area contributed by atoms with Crippen molar-refractivity contribution in [2.75, 3.05) is 11.1 Å². The molecule has 2 aromatic carbocycles. The third kappa shape index (κ3) is 3.33. The first kappa shape index (κ1) is 17.4.